The van der Waals surface area contributed by atoms with Gasteiger partial charge in [0.2, 0.25) is 0 Å². The van der Waals surface area contributed by atoms with Crippen LogP contribution < -0.4 is 0 Å². The molecule has 0 amide bonds. The van der Waals surface area contributed by atoms with E-state index in [4.69, 9.17) is 0 Å². The highest BCUT2D eigenvalue weighted by Crippen LogP contribution is 2.13. The normalized spacial score (nSPS) is 10.7. The zero-order valence-electron chi connectivity index (χ0n) is 8.89. The van der Waals surface area contributed by atoms with Crippen LogP contribution in [0.4, 0.5) is 8.78 Å². The topological polar surface area (TPSA) is 17.1 Å². The Balaban J connectivity index is 2.70. The van der Waals surface area contributed by atoms with E-state index in [0.29, 0.717) is 12.3 Å². The molecule has 0 aromatic heterocycles. The number of benzene rings is 1. The van der Waals surface area contributed by atoms with Gasteiger partial charge in [-0.3, -0.25) is 4.79 Å². The number of carbonyl (C=O) groups is 1. The van der Waals surface area contributed by atoms with Crippen LogP contribution in [0.25, 0.3) is 0 Å². The van der Waals surface area contributed by atoms with Gasteiger partial charge in [-0.05, 0) is 30.5 Å². The summed E-state index contributed by atoms with van der Waals surface area (Å²) >= 11 is 0. The fraction of sp³-hybridized carbons (Fsp3) is 0.417. The van der Waals surface area contributed by atoms with E-state index in [-0.39, 0.29) is 11.3 Å². The lowest BCUT2D eigenvalue weighted by atomic mass is 10.0. The minimum Gasteiger partial charge on any atom is -0.294 e. The maximum atomic E-state index is 12.8. The number of ketones is 1. The highest BCUT2D eigenvalue weighted by molar-refractivity contribution is 5.96. The van der Waals surface area contributed by atoms with Gasteiger partial charge in [-0.1, -0.05) is 13.8 Å². The molecular formula is C12H14F2O. The smallest absolute Gasteiger partial charge is 0.162 e. The summed E-state index contributed by atoms with van der Waals surface area (Å²) in [6.45, 7) is 4.02. The molecule has 15 heavy (non-hydrogen) atoms. The number of Topliss-reactive ketones (excluding diaryl/α,β-unsaturated/α-hetero) is 1. The molecule has 1 aromatic carbocycles. The Morgan fingerprint density at radius 2 is 1.93 bits per heavy atom. The lowest BCUT2D eigenvalue weighted by Gasteiger charge is -2.04. The van der Waals surface area contributed by atoms with E-state index >= 15 is 0 Å². The van der Waals surface area contributed by atoms with E-state index < -0.39 is 11.6 Å². The van der Waals surface area contributed by atoms with Gasteiger partial charge < -0.3 is 0 Å². The van der Waals surface area contributed by atoms with E-state index in [9.17, 15) is 13.6 Å². The molecule has 1 aromatic rings. The zero-order valence-corrected chi connectivity index (χ0v) is 8.89. The first-order valence-electron chi connectivity index (χ1n) is 4.99. The second-order valence-electron chi connectivity index (χ2n) is 3.98. The molecule has 0 aliphatic carbocycles. The summed E-state index contributed by atoms with van der Waals surface area (Å²) in [5.41, 5.74) is 0.245. The summed E-state index contributed by atoms with van der Waals surface area (Å²) in [6.07, 6.45) is 1.14. The van der Waals surface area contributed by atoms with E-state index in [1.807, 2.05) is 13.8 Å². The van der Waals surface area contributed by atoms with Crippen molar-refractivity contribution >= 4 is 5.78 Å². The van der Waals surface area contributed by atoms with Gasteiger partial charge in [-0.2, -0.15) is 0 Å². The molecular weight excluding hydrogens is 198 g/mol. The van der Waals surface area contributed by atoms with Crippen LogP contribution in [-0.2, 0) is 0 Å². The van der Waals surface area contributed by atoms with Crippen LogP contribution in [0.5, 0.6) is 0 Å². The van der Waals surface area contributed by atoms with E-state index in [0.717, 1.165) is 18.6 Å². The van der Waals surface area contributed by atoms with Crippen LogP contribution in [-0.4, -0.2) is 5.78 Å². The Morgan fingerprint density at radius 1 is 1.27 bits per heavy atom. The second-order valence-corrected chi connectivity index (χ2v) is 3.98. The predicted molar refractivity (Wildman–Crippen MR) is 54.8 cm³/mol. The molecule has 0 aliphatic heterocycles. The molecule has 0 heterocycles. The summed E-state index contributed by atoms with van der Waals surface area (Å²) in [5.74, 6) is -1.59. The standard InChI is InChI=1S/C12H14F2O/c1-8(2)3-6-12(15)9-4-5-10(13)11(14)7-9/h4-5,7-8H,3,6H2,1-2H3. The van der Waals surface area contributed by atoms with Crippen LogP contribution in [0.15, 0.2) is 18.2 Å². The maximum absolute atomic E-state index is 12.8. The van der Waals surface area contributed by atoms with Gasteiger partial charge in [0.05, 0.1) is 0 Å². The Morgan fingerprint density at radius 3 is 2.47 bits per heavy atom. The van der Waals surface area contributed by atoms with Gasteiger partial charge in [0.1, 0.15) is 0 Å². The molecule has 0 atom stereocenters. The van der Waals surface area contributed by atoms with Crippen molar-refractivity contribution in [2.75, 3.05) is 0 Å². The summed E-state index contributed by atoms with van der Waals surface area (Å²) < 4.78 is 25.4. The Bertz CT molecular complexity index is 359. The van der Waals surface area contributed by atoms with E-state index in [2.05, 4.69) is 0 Å². The number of hydrogen-bond donors (Lipinski definition) is 0. The van der Waals surface area contributed by atoms with Gasteiger partial charge >= 0.3 is 0 Å². The minimum atomic E-state index is -0.967. The molecule has 0 aliphatic rings. The number of halogens is 2. The fourth-order valence-corrected chi connectivity index (χ4v) is 1.23. The molecule has 1 rings (SSSR count). The van der Waals surface area contributed by atoms with Crippen molar-refractivity contribution in [3.05, 3.63) is 35.4 Å². The summed E-state index contributed by atoms with van der Waals surface area (Å²) in [5, 5.41) is 0. The third-order valence-corrected chi connectivity index (χ3v) is 2.19. The Labute approximate surface area is 88.1 Å². The third-order valence-electron chi connectivity index (χ3n) is 2.19. The average Bonchev–Trinajstić information content (AvgIpc) is 2.18. The molecule has 0 unspecified atom stereocenters. The summed E-state index contributed by atoms with van der Waals surface area (Å²) in [7, 11) is 0. The van der Waals surface area contributed by atoms with Crippen LogP contribution in [0, 0.1) is 17.6 Å². The first kappa shape index (κ1) is 11.8. The predicted octanol–water partition coefficient (Wildman–Crippen LogP) is 3.58. The lowest BCUT2D eigenvalue weighted by Crippen LogP contribution is -2.02. The van der Waals surface area contributed by atoms with Crippen molar-refractivity contribution in [1.29, 1.82) is 0 Å². The van der Waals surface area contributed by atoms with Crippen molar-refractivity contribution in [1.82, 2.24) is 0 Å². The number of hydrogen-bond acceptors (Lipinski definition) is 1. The number of rotatable bonds is 4. The quantitative estimate of drug-likeness (QED) is 0.697. The molecule has 0 saturated carbocycles. The molecule has 82 valence electrons. The van der Waals surface area contributed by atoms with Crippen molar-refractivity contribution in [3.63, 3.8) is 0 Å². The summed E-state index contributed by atoms with van der Waals surface area (Å²) in [6, 6.07) is 3.26. The lowest BCUT2D eigenvalue weighted by molar-refractivity contribution is 0.0975. The molecule has 1 nitrogen and oxygen atoms in total. The molecule has 0 N–H and O–H groups in total. The Kier molecular flexibility index (Phi) is 3.95. The minimum absolute atomic E-state index is 0.136. The SMILES string of the molecule is CC(C)CCC(=O)c1ccc(F)c(F)c1. The maximum Gasteiger partial charge on any atom is 0.162 e. The van der Waals surface area contributed by atoms with E-state index in [1.165, 1.54) is 6.07 Å². The van der Waals surface area contributed by atoms with Crippen molar-refractivity contribution in [2.24, 2.45) is 5.92 Å². The van der Waals surface area contributed by atoms with Gasteiger partial charge in [0.15, 0.2) is 17.4 Å². The van der Waals surface area contributed by atoms with Crippen molar-refractivity contribution in [3.8, 4) is 0 Å². The fourth-order valence-electron chi connectivity index (χ4n) is 1.23. The average molecular weight is 212 g/mol. The molecule has 0 saturated heterocycles. The van der Waals surface area contributed by atoms with E-state index in [1.54, 1.807) is 0 Å². The molecule has 0 bridgehead atoms. The largest absolute Gasteiger partial charge is 0.294 e. The van der Waals surface area contributed by atoms with Crippen LogP contribution in [0.3, 0.4) is 0 Å². The highest BCUT2D eigenvalue weighted by atomic mass is 19.2. The molecule has 0 radical (unpaired) electrons. The van der Waals surface area contributed by atoms with Crippen LogP contribution >= 0.6 is 0 Å². The monoisotopic (exact) mass is 212 g/mol. The van der Waals surface area contributed by atoms with Gasteiger partial charge in [-0.25, -0.2) is 8.78 Å². The van der Waals surface area contributed by atoms with Gasteiger partial charge in [0, 0.05) is 12.0 Å². The third kappa shape index (κ3) is 3.42. The van der Waals surface area contributed by atoms with Crippen LogP contribution in [0.2, 0.25) is 0 Å². The first-order valence-corrected chi connectivity index (χ1v) is 4.99. The number of carbonyl (C=O) groups excluding carboxylic acids is 1. The van der Waals surface area contributed by atoms with Crippen molar-refractivity contribution in [2.45, 2.75) is 26.7 Å². The van der Waals surface area contributed by atoms with Gasteiger partial charge in [-0.15, -0.1) is 0 Å². The molecule has 0 fully saturated rings. The first-order chi connectivity index (χ1) is 7.00. The zero-order chi connectivity index (χ0) is 11.4. The van der Waals surface area contributed by atoms with Crippen molar-refractivity contribution < 1.29 is 13.6 Å². The molecule has 3 heteroatoms. The molecule has 0 spiro atoms. The van der Waals surface area contributed by atoms with Crippen LogP contribution in [0.1, 0.15) is 37.0 Å². The highest BCUT2D eigenvalue weighted by Gasteiger charge is 2.10. The Hall–Kier alpha value is -1.25. The second kappa shape index (κ2) is 5.01. The van der Waals surface area contributed by atoms with Gasteiger partial charge in [0.25, 0.3) is 0 Å². The summed E-state index contributed by atoms with van der Waals surface area (Å²) in [4.78, 5) is 11.5.